The number of nitrogens with zero attached hydrogens (tertiary/aromatic N) is 2. The Morgan fingerprint density at radius 1 is 1.21 bits per heavy atom. The van der Waals surface area contributed by atoms with Crippen LogP contribution < -0.4 is 5.32 Å². The van der Waals surface area contributed by atoms with Crippen LogP contribution in [0.15, 0.2) is 48.5 Å². The lowest BCUT2D eigenvalue weighted by Crippen LogP contribution is -2.55. The van der Waals surface area contributed by atoms with E-state index in [0.29, 0.717) is 12.2 Å². The average Bonchev–Trinajstić information content (AvgIpc) is 3.35. The van der Waals surface area contributed by atoms with E-state index in [1.165, 1.54) is 5.56 Å². The van der Waals surface area contributed by atoms with Crippen LogP contribution in [0.3, 0.4) is 0 Å². The van der Waals surface area contributed by atoms with Crippen molar-refractivity contribution in [1.29, 1.82) is 0 Å². The Labute approximate surface area is 163 Å². The Bertz CT molecular complexity index is 958. The van der Waals surface area contributed by atoms with Crippen molar-refractivity contribution in [2.75, 3.05) is 11.9 Å². The van der Waals surface area contributed by atoms with Crippen molar-refractivity contribution in [3.8, 4) is 0 Å². The topological polar surface area (TPSA) is 75.5 Å². The number of hydrogen-bond acceptors (Lipinski definition) is 4. The van der Waals surface area contributed by atoms with Crippen LogP contribution in [-0.2, 0) is 16.8 Å². The molecule has 0 aliphatic carbocycles. The SMILES string of the molecule is CCc1ccc([C@@H]2[C@@H]3CCCN3[C@]3(C(=O)Nc4ccccc43)[C@@H]2[N+](=O)[O-])cc1. The van der Waals surface area contributed by atoms with Gasteiger partial charge in [-0.2, -0.15) is 0 Å². The van der Waals surface area contributed by atoms with Gasteiger partial charge >= 0.3 is 0 Å². The van der Waals surface area contributed by atoms with E-state index < -0.39 is 11.6 Å². The predicted octanol–water partition coefficient (Wildman–Crippen LogP) is 3.30. The highest BCUT2D eigenvalue weighted by Crippen LogP contribution is 2.57. The summed E-state index contributed by atoms with van der Waals surface area (Å²) in [5.41, 5.74) is 2.40. The second-order valence-corrected chi connectivity index (χ2v) is 8.02. The largest absolute Gasteiger partial charge is 0.324 e. The summed E-state index contributed by atoms with van der Waals surface area (Å²) in [4.78, 5) is 27.7. The fraction of sp³-hybridized carbons (Fsp3) is 0.409. The summed E-state index contributed by atoms with van der Waals surface area (Å²) in [5.74, 6) is -0.560. The van der Waals surface area contributed by atoms with Gasteiger partial charge in [-0.3, -0.25) is 19.8 Å². The van der Waals surface area contributed by atoms with Crippen LogP contribution in [-0.4, -0.2) is 34.4 Å². The monoisotopic (exact) mass is 377 g/mol. The van der Waals surface area contributed by atoms with E-state index in [-0.39, 0.29) is 22.8 Å². The zero-order chi connectivity index (χ0) is 19.5. The van der Waals surface area contributed by atoms with Crippen LogP contribution >= 0.6 is 0 Å². The van der Waals surface area contributed by atoms with Gasteiger partial charge < -0.3 is 5.32 Å². The molecule has 2 saturated heterocycles. The Morgan fingerprint density at radius 3 is 2.68 bits per heavy atom. The van der Waals surface area contributed by atoms with Gasteiger partial charge in [0, 0.05) is 28.8 Å². The third-order valence-electron chi connectivity index (χ3n) is 6.87. The molecule has 5 rings (SSSR count). The van der Waals surface area contributed by atoms with Crippen LogP contribution in [0.25, 0.3) is 0 Å². The number of fused-ring (bicyclic) bond motifs is 4. The number of nitrogens with one attached hydrogen (secondary N) is 1. The molecule has 6 nitrogen and oxygen atoms in total. The highest BCUT2D eigenvalue weighted by Gasteiger charge is 2.73. The number of anilines is 1. The van der Waals surface area contributed by atoms with Crippen molar-refractivity contribution >= 4 is 11.6 Å². The normalized spacial score (nSPS) is 31.0. The number of carbonyl (C=O) groups excluding carboxylic acids is 1. The van der Waals surface area contributed by atoms with E-state index in [9.17, 15) is 14.9 Å². The van der Waals surface area contributed by atoms with Gasteiger partial charge in [-0.15, -0.1) is 0 Å². The quantitative estimate of drug-likeness (QED) is 0.658. The van der Waals surface area contributed by atoms with Crippen LogP contribution in [0.1, 0.15) is 42.4 Å². The number of aryl methyl sites for hydroxylation is 1. The molecule has 3 heterocycles. The van der Waals surface area contributed by atoms with Gasteiger partial charge in [-0.1, -0.05) is 49.4 Å². The van der Waals surface area contributed by atoms with Crippen LogP contribution in [0.4, 0.5) is 5.69 Å². The zero-order valence-corrected chi connectivity index (χ0v) is 15.8. The maximum Gasteiger partial charge on any atom is 0.256 e. The second kappa shape index (κ2) is 6.14. The van der Waals surface area contributed by atoms with Gasteiger partial charge in [0.15, 0.2) is 5.54 Å². The maximum atomic E-state index is 13.3. The van der Waals surface area contributed by atoms with Crippen molar-refractivity contribution in [2.24, 2.45) is 0 Å². The Kier molecular flexibility index (Phi) is 3.81. The number of nitro groups is 1. The number of hydrogen-bond donors (Lipinski definition) is 1. The molecule has 0 bridgehead atoms. The van der Waals surface area contributed by atoms with E-state index in [0.717, 1.165) is 30.4 Å². The first-order valence-corrected chi connectivity index (χ1v) is 9.99. The molecule has 3 aliphatic rings. The molecule has 1 spiro atoms. The van der Waals surface area contributed by atoms with Crippen molar-refractivity contribution in [3.05, 3.63) is 75.3 Å². The van der Waals surface area contributed by atoms with Crippen molar-refractivity contribution in [1.82, 2.24) is 4.90 Å². The lowest BCUT2D eigenvalue weighted by Gasteiger charge is -2.32. The third kappa shape index (κ3) is 2.09. The third-order valence-corrected chi connectivity index (χ3v) is 6.87. The van der Waals surface area contributed by atoms with Gasteiger partial charge in [0.2, 0.25) is 0 Å². The highest BCUT2D eigenvalue weighted by molar-refractivity contribution is 6.07. The number of benzene rings is 2. The first-order valence-electron chi connectivity index (χ1n) is 9.99. The molecule has 4 atom stereocenters. The lowest BCUT2D eigenvalue weighted by atomic mass is 9.77. The lowest BCUT2D eigenvalue weighted by molar-refractivity contribution is -0.534. The van der Waals surface area contributed by atoms with E-state index >= 15 is 0 Å². The van der Waals surface area contributed by atoms with Gasteiger partial charge in [-0.05, 0) is 36.5 Å². The summed E-state index contributed by atoms with van der Waals surface area (Å²) in [6, 6.07) is 14.6. The number of amides is 1. The van der Waals surface area contributed by atoms with E-state index in [1.54, 1.807) is 0 Å². The number of rotatable bonds is 3. The summed E-state index contributed by atoms with van der Waals surface area (Å²) in [6.07, 6.45) is 2.76. The minimum atomic E-state index is -1.23. The summed E-state index contributed by atoms with van der Waals surface area (Å²) < 4.78 is 0. The molecule has 28 heavy (non-hydrogen) atoms. The van der Waals surface area contributed by atoms with Crippen LogP contribution in [0, 0.1) is 10.1 Å². The molecule has 0 aromatic heterocycles. The molecule has 2 aromatic carbocycles. The molecule has 1 N–H and O–H groups in total. The molecule has 6 heteroatoms. The summed E-state index contributed by atoms with van der Waals surface area (Å²) in [5, 5.41) is 15.4. The molecular formula is C22H23N3O3. The minimum absolute atomic E-state index is 0.000201. The van der Waals surface area contributed by atoms with Crippen molar-refractivity contribution < 1.29 is 9.72 Å². The van der Waals surface area contributed by atoms with E-state index in [2.05, 4.69) is 29.3 Å². The van der Waals surface area contributed by atoms with Crippen molar-refractivity contribution in [2.45, 2.75) is 49.7 Å². The van der Waals surface area contributed by atoms with E-state index in [1.807, 2.05) is 36.4 Å². The number of para-hydroxylation sites is 1. The highest BCUT2D eigenvalue weighted by atomic mass is 16.6. The fourth-order valence-electron chi connectivity index (χ4n) is 5.75. The molecule has 2 fully saturated rings. The molecule has 1 amide bonds. The summed E-state index contributed by atoms with van der Waals surface area (Å²) in [7, 11) is 0. The molecular weight excluding hydrogens is 354 g/mol. The second-order valence-electron chi connectivity index (χ2n) is 8.02. The fourth-order valence-corrected chi connectivity index (χ4v) is 5.75. The Balaban J connectivity index is 1.72. The number of carbonyl (C=O) groups is 1. The molecule has 0 unspecified atom stereocenters. The smallest absolute Gasteiger partial charge is 0.256 e. The molecule has 2 aromatic rings. The van der Waals surface area contributed by atoms with Gasteiger partial charge in [0.05, 0.1) is 5.92 Å². The predicted molar refractivity (Wildman–Crippen MR) is 106 cm³/mol. The first kappa shape index (κ1) is 17.4. The van der Waals surface area contributed by atoms with Gasteiger partial charge in [0.1, 0.15) is 0 Å². The maximum absolute atomic E-state index is 13.3. The van der Waals surface area contributed by atoms with Crippen LogP contribution in [0.2, 0.25) is 0 Å². The Morgan fingerprint density at radius 2 is 1.96 bits per heavy atom. The first-order chi connectivity index (χ1) is 13.6. The molecule has 144 valence electrons. The average molecular weight is 377 g/mol. The van der Waals surface area contributed by atoms with Gasteiger partial charge in [-0.25, -0.2) is 0 Å². The molecule has 3 aliphatic heterocycles. The van der Waals surface area contributed by atoms with Crippen molar-refractivity contribution in [3.63, 3.8) is 0 Å². The molecule has 0 saturated carbocycles. The Hall–Kier alpha value is -2.73. The summed E-state index contributed by atoms with van der Waals surface area (Å²) >= 11 is 0. The van der Waals surface area contributed by atoms with Gasteiger partial charge in [0.25, 0.3) is 11.9 Å². The zero-order valence-electron chi connectivity index (χ0n) is 15.8. The van der Waals surface area contributed by atoms with E-state index in [4.69, 9.17) is 0 Å². The standard InChI is InChI=1S/C22H23N3O3/c1-2-14-9-11-15(12-10-14)19-18-8-5-13-24(18)22(20(19)25(27)28)16-6-3-4-7-17(16)23-21(22)26/h3-4,6-7,9-12,18-20H,2,5,8,13H2,1H3,(H,23,26)/t18-,19+,20+,22-/m0/s1. The minimum Gasteiger partial charge on any atom is -0.324 e. The summed E-state index contributed by atoms with van der Waals surface area (Å²) in [6.45, 7) is 2.80. The molecule has 0 radical (unpaired) electrons. The van der Waals surface area contributed by atoms with Crippen LogP contribution in [0.5, 0.6) is 0 Å².